The van der Waals surface area contributed by atoms with Crippen LogP contribution in [0.25, 0.3) is 0 Å². The molecule has 15 heavy (non-hydrogen) atoms. The summed E-state index contributed by atoms with van der Waals surface area (Å²) >= 11 is 9.36. The summed E-state index contributed by atoms with van der Waals surface area (Å²) in [4.78, 5) is 0. The molecular weight excluding hydrogens is 275 g/mol. The molecule has 0 unspecified atom stereocenters. The summed E-state index contributed by atoms with van der Waals surface area (Å²) < 4.78 is 0.947. The van der Waals surface area contributed by atoms with Gasteiger partial charge in [-0.3, -0.25) is 0 Å². The van der Waals surface area contributed by atoms with Gasteiger partial charge in [-0.2, -0.15) is 0 Å². The van der Waals surface area contributed by atoms with Crippen LogP contribution in [0.1, 0.15) is 12.0 Å². The fourth-order valence-corrected chi connectivity index (χ4v) is 1.72. The molecule has 0 fully saturated rings. The lowest BCUT2D eigenvalue weighted by Crippen LogP contribution is -2.19. The van der Waals surface area contributed by atoms with E-state index in [2.05, 4.69) is 32.6 Å². The molecule has 0 spiro atoms. The molecule has 0 aromatic heterocycles. The van der Waals surface area contributed by atoms with E-state index < -0.39 is 0 Å². The van der Waals surface area contributed by atoms with Crippen LogP contribution in [-0.4, -0.2) is 20.1 Å². The topological polar surface area (TPSA) is 24.1 Å². The second-order valence-corrected chi connectivity index (χ2v) is 4.64. The Morgan fingerprint density at radius 1 is 1.33 bits per heavy atom. The van der Waals surface area contributed by atoms with Gasteiger partial charge in [0.1, 0.15) is 0 Å². The zero-order valence-electron chi connectivity index (χ0n) is 8.82. The van der Waals surface area contributed by atoms with Crippen LogP contribution in [0.5, 0.6) is 0 Å². The Kier molecular flexibility index (Phi) is 6.25. The highest BCUT2D eigenvalue weighted by Gasteiger charge is 1.98. The van der Waals surface area contributed by atoms with Crippen molar-refractivity contribution < 1.29 is 0 Å². The van der Waals surface area contributed by atoms with Crippen molar-refractivity contribution in [1.82, 2.24) is 10.6 Å². The van der Waals surface area contributed by atoms with Crippen LogP contribution in [0, 0.1) is 0 Å². The summed E-state index contributed by atoms with van der Waals surface area (Å²) in [5.41, 5.74) is 1.22. The minimum Gasteiger partial charge on any atom is -0.320 e. The number of halogens is 2. The van der Waals surface area contributed by atoms with Crippen LogP contribution in [0.2, 0.25) is 5.02 Å². The highest BCUT2D eigenvalue weighted by atomic mass is 79.9. The van der Waals surface area contributed by atoms with E-state index in [-0.39, 0.29) is 0 Å². The van der Waals surface area contributed by atoms with E-state index in [0.717, 1.165) is 35.6 Å². The highest BCUT2D eigenvalue weighted by molar-refractivity contribution is 9.10. The lowest BCUT2D eigenvalue weighted by atomic mass is 10.2. The predicted molar refractivity (Wildman–Crippen MR) is 69.4 cm³/mol. The number of hydrogen-bond donors (Lipinski definition) is 2. The van der Waals surface area contributed by atoms with E-state index in [0.29, 0.717) is 0 Å². The van der Waals surface area contributed by atoms with E-state index >= 15 is 0 Å². The molecule has 4 heteroatoms. The van der Waals surface area contributed by atoms with Gasteiger partial charge in [-0.15, -0.1) is 0 Å². The molecule has 2 nitrogen and oxygen atoms in total. The molecule has 1 aromatic carbocycles. The molecule has 0 radical (unpaired) electrons. The molecule has 0 aliphatic carbocycles. The van der Waals surface area contributed by atoms with E-state index in [1.54, 1.807) is 0 Å². The molecule has 0 saturated carbocycles. The number of hydrogen-bond acceptors (Lipinski definition) is 2. The van der Waals surface area contributed by atoms with E-state index in [9.17, 15) is 0 Å². The molecule has 1 rings (SSSR count). The van der Waals surface area contributed by atoms with E-state index in [1.165, 1.54) is 5.56 Å². The zero-order chi connectivity index (χ0) is 11.1. The maximum atomic E-state index is 5.99. The molecule has 1 aromatic rings. The third-order valence-electron chi connectivity index (χ3n) is 2.09. The van der Waals surface area contributed by atoms with Gasteiger partial charge in [0.15, 0.2) is 0 Å². The molecule has 0 bridgehead atoms. The van der Waals surface area contributed by atoms with Crippen LogP contribution in [-0.2, 0) is 6.54 Å². The van der Waals surface area contributed by atoms with Crippen LogP contribution < -0.4 is 10.6 Å². The third kappa shape index (κ3) is 4.98. The first-order chi connectivity index (χ1) is 7.24. The summed E-state index contributed by atoms with van der Waals surface area (Å²) in [7, 11) is 1.97. The van der Waals surface area contributed by atoms with Gasteiger partial charge < -0.3 is 10.6 Å². The monoisotopic (exact) mass is 290 g/mol. The third-order valence-corrected chi connectivity index (χ3v) is 3.33. The van der Waals surface area contributed by atoms with Gasteiger partial charge in [0.05, 0.1) is 5.02 Å². The van der Waals surface area contributed by atoms with E-state index in [1.807, 2.05) is 19.2 Å². The fraction of sp³-hybridized carbons (Fsp3) is 0.455. The Labute approximate surface area is 105 Å². The smallest absolute Gasteiger partial charge is 0.0551 e. The average molecular weight is 292 g/mol. The van der Waals surface area contributed by atoms with Crippen molar-refractivity contribution in [2.24, 2.45) is 0 Å². The molecule has 0 amide bonds. The number of nitrogens with one attached hydrogen (secondary N) is 2. The van der Waals surface area contributed by atoms with Crippen LogP contribution in [0.15, 0.2) is 22.7 Å². The lowest BCUT2D eigenvalue weighted by Gasteiger charge is -2.05. The molecule has 0 aliphatic rings. The van der Waals surface area contributed by atoms with Gasteiger partial charge in [0, 0.05) is 11.0 Å². The van der Waals surface area contributed by atoms with Gasteiger partial charge in [-0.25, -0.2) is 0 Å². The van der Waals surface area contributed by atoms with Gasteiger partial charge in [0.25, 0.3) is 0 Å². The Morgan fingerprint density at radius 3 is 2.80 bits per heavy atom. The highest BCUT2D eigenvalue weighted by Crippen LogP contribution is 2.22. The van der Waals surface area contributed by atoms with Crippen LogP contribution >= 0.6 is 27.5 Å². The maximum absolute atomic E-state index is 5.99. The van der Waals surface area contributed by atoms with Gasteiger partial charge in [0.2, 0.25) is 0 Å². The zero-order valence-corrected chi connectivity index (χ0v) is 11.2. The Hall–Kier alpha value is -0.0900. The first-order valence-corrected chi connectivity index (χ1v) is 6.20. The quantitative estimate of drug-likeness (QED) is 0.788. The number of benzene rings is 1. The molecular formula is C11H16BrClN2. The summed E-state index contributed by atoms with van der Waals surface area (Å²) in [5, 5.41) is 7.25. The summed E-state index contributed by atoms with van der Waals surface area (Å²) in [6, 6.07) is 6.03. The van der Waals surface area contributed by atoms with Gasteiger partial charge >= 0.3 is 0 Å². The minimum atomic E-state index is 0.768. The first kappa shape index (κ1) is 13.0. The number of rotatable bonds is 6. The SMILES string of the molecule is CNCCCNCc1ccc(Br)c(Cl)c1. The minimum absolute atomic E-state index is 0.768. The molecule has 2 N–H and O–H groups in total. The lowest BCUT2D eigenvalue weighted by molar-refractivity contribution is 0.625. The van der Waals surface area contributed by atoms with Crippen molar-refractivity contribution in [2.75, 3.05) is 20.1 Å². The van der Waals surface area contributed by atoms with Gasteiger partial charge in [-0.05, 0) is 60.2 Å². The van der Waals surface area contributed by atoms with Crippen molar-refractivity contribution in [2.45, 2.75) is 13.0 Å². The first-order valence-electron chi connectivity index (χ1n) is 5.03. The normalized spacial score (nSPS) is 10.6. The molecule has 0 atom stereocenters. The maximum Gasteiger partial charge on any atom is 0.0551 e. The van der Waals surface area contributed by atoms with Crippen molar-refractivity contribution >= 4 is 27.5 Å². The Bertz CT molecular complexity index is 305. The van der Waals surface area contributed by atoms with Crippen molar-refractivity contribution in [3.05, 3.63) is 33.3 Å². The molecule has 0 heterocycles. The fourth-order valence-electron chi connectivity index (χ4n) is 1.27. The van der Waals surface area contributed by atoms with Gasteiger partial charge in [-0.1, -0.05) is 17.7 Å². The standard InChI is InChI=1S/C11H16BrClN2/c1-14-5-2-6-15-8-9-3-4-10(12)11(13)7-9/h3-4,7,14-15H,2,5-6,8H2,1H3. The van der Waals surface area contributed by atoms with E-state index in [4.69, 9.17) is 11.6 Å². The second kappa shape index (κ2) is 7.23. The van der Waals surface area contributed by atoms with Crippen molar-refractivity contribution in [1.29, 1.82) is 0 Å². The summed E-state index contributed by atoms with van der Waals surface area (Å²) in [5.74, 6) is 0. The summed E-state index contributed by atoms with van der Waals surface area (Å²) in [6.07, 6.45) is 1.14. The summed E-state index contributed by atoms with van der Waals surface area (Å²) in [6.45, 7) is 2.94. The molecule has 0 aliphatic heterocycles. The second-order valence-electron chi connectivity index (χ2n) is 3.38. The Balaban J connectivity index is 2.28. The predicted octanol–water partition coefficient (Wildman–Crippen LogP) is 2.80. The van der Waals surface area contributed by atoms with Crippen LogP contribution in [0.4, 0.5) is 0 Å². The molecule has 84 valence electrons. The molecule has 0 saturated heterocycles. The largest absolute Gasteiger partial charge is 0.320 e. The van der Waals surface area contributed by atoms with Crippen molar-refractivity contribution in [3.8, 4) is 0 Å². The average Bonchev–Trinajstić information content (AvgIpc) is 2.23. The van der Waals surface area contributed by atoms with Crippen LogP contribution in [0.3, 0.4) is 0 Å². The Morgan fingerprint density at radius 2 is 2.13 bits per heavy atom. The van der Waals surface area contributed by atoms with Crippen molar-refractivity contribution in [3.63, 3.8) is 0 Å².